The van der Waals surface area contributed by atoms with Crippen molar-refractivity contribution < 1.29 is 4.92 Å². The first-order chi connectivity index (χ1) is 30.1. The normalized spacial score (nSPS) is 11.5. The molecule has 0 aliphatic heterocycles. The first-order valence-electron chi connectivity index (χ1n) is 20.2. The van der Waals surface area contributed by atoms with E-state index in [9.17, 15) is 10.1 Å². The molecule has 6 heteroatoms. The topological polar surface area (TPSA) is 43.1 Å². The van der Waals surface area contributed by atoms with Gasteiger partial charge in [0.2, 0.25) is 0 Å². The smallest absolute Gasteiger partial charge is 0.258 e. The van der Waals surface area contributed by atoms with Gasteiger partial charge in [0.15, 0.2) is 0 Å². The van der Waals surface area contributed by atoms with Gasteiger partial charge in [-0.1, -0.05) is 170 Å². The van der Waals surface area contributed by atoms with Gasteiger partial charge in [0.25, 0.3) is 5.69 Å². The van der Waals surface area contributed by atoms with Crippen LogP contribution < -0.4 is 15.9 Å². The lowest BCUT2D eigenvalue weighted by atomic mass is 10.0. The van der Waals surface area contributed by atoms with E-state index in [-0.39, 0.29) is 10.6 Å². The molecule has 0 radical (unpaired) electrons. The Hall–Kier alpha value is -6.75. The van der Waals surface area contributed by atoms with Crippen molar-refractivity contribution in [3.8, 4) is 22.3 Å². The molecule has 1 aliphatic carbocycles. The second-order valence-electron chi connectivity index (χ2n) is 14.9. The first kappa shape index (κ1) is 38.5. The minimum Gasteiger partial charge on any atom is -0.258 e. The van der Waals surface area contributed by atoms with Crippen molar-refractivity contribution in [2.45, 2.75) is 6.42 Å². The van der Waals surface area contributed by atoms with Crippen LogP contribution in [-0.4, -0.2) is 4.92 Å². The van der Waals surface area contributed by atoms with Crippen LogP contribution in [0.4, 0.5) is 5.69 Å². The minimum absolute atomic E-state index is 0.140. The molecule has 0 N–H and O–H groups in total. The van der Waals surface area contributed by atoms with Crippen LogP contribution in [0, 0.1) is 10.1 Å². The summed E-state index contributed by atoms with van der Waals surface area (Å²) in [5.74, 6) is 0. The van der Waals surface area contributed by atoms with Crippen molar-refractivity contribution in [2.24, 2.45) is 0 Å². The van der Waals surface area contributed by atoms with Gasteiger partial charge in [-0.25, -0.2) is 0 Å². The predicted molar refractivity (Wildman–Crippen MR) is 264 cm³/mol. The van der Waals surface area contributed by atoms with E-state index in [0.717, 1.165) is 17.4 Å². The van der Waals surface area contributed by atoms with Crippen LogP contribution in [0.5, 0.6) is 0 Å². The van der Waals surface area contributed by atoms with E-state index >= 15 is 0 Å². The van der Waals surface area contributed by atoms with Gasteiger partial charge < -0.3 is 0 Å². The lowest BCUT2D eigenvalue weighted by Crippen LogP contribution is -2.20. The summed E-state index contributed by atoms with van der Waals surface area (Å²) in [4.78, 5) is 10.9. The van der Waals surface area contributed by atoms with Crippen molar-refractivity contribution in [3.05, 3.63) is 240 Å². The fourth-order valence-corrected chi connectivity index (χ4v) is 12.8. The van der Waals surface area contributed by atoms with Crippen molar-refractivity contribution in [1.82, 2.24) is 0 Å². The lowest BCUT2D eigenvalue weighted by molar-refractivity contribution is -0.384. The molecule has 0 unspecified atom stereocenters. The van der Waals surface area contributed by atoms with E-state index in [1.165, 1.54) is 73.1 Å². The molecule has 11 aromatic rings. The van der Waals surface area contributed by atoms with Crippen LogP contribution in [0.3, 0.4) is 0 Å². The molecule has 0 fully saturated rings. The molecule has 12 rings (SSSR count). The highest BCUT2D eigenvalue weighted by Gasteiger charge is 2.20. The summed E-state index contributed by atoms with van der Waals surface area (Å²) in [7, 11) is -0.446. The second-order valence-corrected chi connectivity index (χ2v) is 19.3. The number of thiophene rings is 2. The standard InChI is InChI=1S/C19H12S.C18H11NO2S.C18H15P/c1-2-6-14-12(5-1)9-13-10-19-17(11-16(13)14)15-7-3-4-8-18(15)20-19;20-19(21)16-7-3-1-5-13(16)12-9-10-18-15(11-12)14-6-2-4-8-17(14)22-18;1-4-10-16(11-5-1)19(17-12-6-2-7-13-17)18-14-8-3-9-15-18/h1-8,10-11H,9H2;1-11H;1-15H. The Morgan fingerprint density at radius 3 is 1.48 bits per heavy atom. The molecule has 3 nitrogen and oxygen atoms in total. The quantitative estimate of drug-likeness (QED) is 0.0984. The summed E-state index contributed by atoms with van der Waals surface area (Å²) in [6.45, 7) is 0. The molecule has 0 bridgehead atoms. The summed E-state index contributed by atoms with van der Waals surface area (Å²) < 4.78 is 5.23. The van der Waals surface area contributed by atoms with Crippen LogP contribution in [0.25, 0.3) is 62.6 Å². The summed E-state index contributed by atoms with van der Waals surface area (Å²) in [5.41, 5.74) is 7.46. The molecule has 0 atom stereocenters. The Morgan fingerprint density at radius 1 is 0.393 bits per heavy atom. The van der Waals surface area contributed by atoms with Gasteiger partial charge in [0.05, 0.1) is 10.5 Å². The van der Waals surface area contributed by atoms with Gasteiger partial charge in [-0.05, 0) is 101 Å². The maximum absolute atomic E-state index is 11.2. The molecule has 1 aliphatic rings. The summed E-state index contributed by atoms with van der Waals surface area (Å²) in [6, 6.07) is 75.8. The highest BCUT2D eigenvalue weighted by Crippen LogP contribution is 2.43. The van der Waals surface area contributed by atoms with Gasteiger partial charge >= 0.3 is 0 Å². The molecule has 0 spiro atoms. The van der Waals surface area contributed by atoms with E-state index in [1.807, 2.05) is 41.7 Å². The van der Waals surface area contributed by atoms with Crippen LogP contribution >= 0.6 is 30.6 Å². The van der Waals surface area contributed by atoms with Gasteiger partial charge in [-0.15, -0.1) is 22.7 Å². The maximum Gasteiger partial charge on any atom is 0.277 e. The Kier molecular flexibility index (Phi) is 10.8. The molecule has 61 heavy (non-hydrogen) atoms. The monoisotopic (exact) mass is 839 g/mol. The highest BCUT2D eigenvalue weighted by atomic mass is 32.1. The second kappa shape index (κ2) is 17.1. The van der Waals surface area contributed by atoms with Crippen molar-refractivity contribution >= 4 is 92.5 Å². The zero-order chi connectivity index (χ0) is 41.1. The zero-order valence-corrected chi connectivity index (χ0v) is 35.5. The molecule has 0 saturated heterocycles. The molecular weight excluding hydrogens is 802 g/mol. The van der Waals surface area contributed by atoms with E-state index in [1.54, 1.807) is 29.5 Å². The first-order valence-corrected chi connectivity index (χ1v) is 23.2. The van der Waals surface area contributed by atoms with Crippen LogP contribution in [0.1, 0.15) is 11.1 Å². The van der Waals surface area contributed by atoms with Gasteiger partial charge in [0, 0.05) is 46.4 Å². The van der Waals surface area contributed by atoms with Crippen molar-refractivity contribution in [3.63, 3.8) is 0 Å². The summed E-state index contributed by atoms with van der Waals surface area (Å²) in [6.07, 6.45) is 1.08. The Balaban J connectivity index is 0.000000110. The number of hydrogen-bond acceptors (Lipinski definition) is 4. The van der Waals surface area contributed by atoms with E-state index < -0.39 is 7.92 Å². The number of benzene rings is 9. The Labute approximate surface area is 363 Å². The number of nitro benzene ring substituents is 1. The average Bonchev–Trinajstić information content (AvgIpc) is 4.00. The lowest BCUT2D eigenvalue weighted by Gasteiger charge is -2.18. The number of fused-ring (bicyclic) bond motifs is 9. The van der Waals surface area contributed by atoms with Crippen LogP contribution in [0.2, 0.25) is 0 Å². The van der Waals surface area contributed by atoms with Gasteiger partial charge in [-0.3, -0.25) is 10.1 Å². The molecular formula is C55H38NO2PS2. The van der Waals surface area contributed by atoms with E-state index in [2.05, 4.69) is 170 Å². The van der Waals surface area contributed by atoms with E-state index in [0.29, 0.717) is 5.56 Å². The number of para-hydroxylation sites is 1. The van der Waals surface area contributed by atoms with Crippen molar-refractivity contribution in [1.29, 1.82) is 0 Å². The number of nitro groups is 1. The number of rotatable bonds is 5. The van der Waals surface area contributed by atoms with Crippen LogP contribution in [0.15, 0.2) is 218 Å². The molecule has 0 saturated carbocycles. The number of hydrogen-bond donors (Lipinski definition) is 0. The minimum atomic E-state index is -0.446. The molecule has 292 valence electrons. The van der Waals surface area contributed by atoms with E-state index in [4.69, 9.17) is 0 Å². The predicted octanol–water partition coefficient (Wildman–Crippen LogP) is 14.7. The summed E-state index contributed by atoms with van der Waals surface area (Å²) in [5, 5.41) is 20.6. The van der Waals surface area contributed by atoms with Gasteiger partial charge in [0.1, 0.15) is 0 Å². The SMILES string of the molecule is O=[N+]([O-])c1ccccc1-c1ccc2sc3ccccc3c2c1.c1ccc(P(c2ccccc2)c2ccccc2)cc1.c1ccc2c(c1)Cc1cc3sc4ccccc4c3cc1-2. The zero-order valence-electron chi connectivity index (χ0n) is 33.0. The largest absolute Gasteiger partial charge is 0.277 e. The maximum atomic E-state index is 11.2. The van der Waals surface area contributed by atoms with Crippen LogP contribution in [-0.2, 0) is 6.42 Å². The highest BCUT2D eigenvalue weighted by molar-refractivity contribution is 7.79. The van der Waals surface area contributed by atoms with Crippen molar-refractivity contribution in [2.75, 3.05) is 0 Å². The fraction of sp³-hybridized carbons (Fsp3) is 0.0182. The molecule has 0 amide bonds. The third kappa shape index (κ3) is 7.76. The third-order valence-electron chi connectivity index (χ3n) is 11.1. The molecule has 2 heterocycles. The third-order valence-corrected chi connectivity index (χ3v) is 15.9. The van der Waals surface area contributed by atoms with Gasteiger partial charge in [-0.2, -0.15) is 0 Å². The number of nitrogens with zero attached hydrogens (tertiary/aromatic N) is 1. The molecule has 9 aromatic carbocycles. The molecule has 2 aromatic heterocycles. The average molecular weight is 840 g/mol. The Morgan fingerprint density at radius 2 is 0.869 bits per heavy atom. The Bertz CT molecular complexity index is 3230. The fourth-order valence-electron chi connectivity index (χ4n) is 8.30. The summed E-state index contributed by atoms with van der Waals surface area (Å²) >= 11 is 3.65.